The third-order valence-corrected chi connectivity index (χ3v) is 6.95. The van der Waals surface area contributed by atoms with E-state index in [0.717, 1.165) is 27.9 Å². The molecule has 1 amide bonds. The monoisotopic (exact) mass is 415 g/mol. The van der Waals surface area contributed by atoms with Crippen molar-refractivity contribution < 1.29 is 9.59 Å². The highest BCUT2D eigenvalue weighted by Gasteiger charge is 2.60. The molecule has 0 aromatic heterocycles. The Morgan fingerprint density at radius 2 is 1.40 bits per heavy atom. The van der Waals surface area contributed by atoms with Crippen LogP contribution in [0.5, 0.6) is 0 Å². The molecule has 4 heteroatoms. The molecule has 1 aliphatic carbocycles. The van der Waals surface area contributed by atoms with Crippen LogP contribution in [0.1, 0.15) is 46.9 Å². The number of fused-ring (bicyclic) bond motifs is 2. The average Bonchev–Trinajstić information content (AvgIpc) is 3.04. The number of hydrogen-bond acceptors (Lipinski definition) is 2. The number of ketones is 1. The summed E-state index contributed by atoms with van der Waals surface area (Å²) in [6, 6.07) is 23.7. The number of hydrogen-bond donors (Lipinski definition) is 1. The van der Waals surface area contributed by atoms with Gasteiger partial charge < -0.3 is 5.32 Å². The molecule has 0 unspecified atom stereocenters. The van der Waals surface area contributed by atoms with Crippen LogP contribution in [0.4, 0.5) is 5.69 Å². The van der Waals surface area contributed by atoms with E-state index in [9.17, 15) is 9.59 Å². The van der Waals surface area contributed by atoms with Crippen molar-refractivity contribution in [2.75, 3.05) is 5.32 Å². The minimum absolute atomic E-state index is 0.0435. The number of Topliss-reactive ketones (excluding diaryl/α,β-unsaturated/α-hetero) is 1. The topological polar surface area (TPSA) is 46.2 Å². The standard InChI is InChI=1S/C26H22ClNO2/c1-16-12-19(27)13-23-24(16)28-25(30)26(23)21(17-8-4-2-5-9-17)14-20(29)15-22(26)18-10-6-3-7-11-18/h2-13,21-22H,14-15H2,1H3,(H,28,30)/t21-,22-/m0/s1. The second-order valence-corrected chi connectivity index (χ2v) is 8.78. The van der Waals surface area contributed by atoms with Crippen LogP contribution >= 0.6 is 11.6 Å². The second kappa shape index (κ2) is 7.10. The van der Waals surface area contributed by atoms with E-state index < -0.39 is 5.41 Å². The maximum Gasteiger partial charge on any atom is 0.236 e. The van der Waals surface area contributed by atoms with E-state index in [0.29, 0.717) is 17.9 Å². The molecule has 30 heavy (non-hydrogen) atoms. The maximum absolute atomic E-state index is 13.9. The number of carbonyl (C=O) groups excluding carboxylic acids is 2. The summed E-state index contributed by atoms with van der Waals surface area (Å²) in [6.45, 7) is 1.97. The average molecular weight is 416 g/mol. The lowest BCUT2D eigenvalue weighted by atomic mass is 9.54. The van der Waals surface area contributed by atoms with Crippen LogP contribution < -0.4 is 5.32 Å². The van der Waals surface area contributed by atoms with Crippen molar-refractivity contribution in [2.45, 2.75) is 37.0 Å². The molecule has 1 saturated carbocycles. The van der Waals surface area contributed by atoms with E-state index in [1.54, 1.807) is 0 Å². The molecule has 0 radical (unpaired) electrons. The summed E-state index contributed by atoms with van der Waals surface area (Å²) in [5.41, 5.74) is 3.81. The molecular weight excluding hydrogens is 394 g/mol. The van der Waals surface area contributed by atoms with Gasteiger partial charge >= 0.3 is 0 Å². The molecule has 0 bridgehead atoms. The highest BCUT2D eigenvalue weighted by atomic mass is 35.5. The van der Waals surface area contributed by atoms with Crippen LogP contribution in [-0.2, 0) is 15.0 Å². The van der Waals surface area contributed by atoms with Gasteiger partial charge in [-0.3, -0.25) is 9.59 Å². The van der Waals surface area contributed by atoms with Gasteiger partial charge in [0.15, 0.2) is 0 Å². The minimum Gasteiger partial charge on any atom is -0.325 e. The Kier molecular flexibility index (Phi) is 4.52. The third kappa shape index (κ3) is 2.73. The molecule has 3 nitrogen and oxygen atoms in total. The van der Waals surface area contributed by atoms with Gasteiger partial charge in [0.05, 0.1) is 5.41 Å². The van der Waals surface area contributed by atoms with Crippen molar-refractivity contribution in [3.8, 4) is 0 Å². The Morgan fingerprint density at radius 1 is 0.867 bits per heavy atom. The molecule has 1 heterocycles. The second-order valence-electron chi connectivity index (χ2n) is 8.34. The summed E-state index contributed by atoms with van der Waals surface area (Å²) in [7, 11) is 0. The predicted molar refractivity (Wildman–Crippen MR) is 119 cm³/mol. The van der Waals surface area contributed by atoms with Crippen molar-refractivity contribution in [3.05, 3.63) is 100 Å². The van der Waals surface area contributed by atoms with Gasteiger partial charge in [-0.05, 0) is 41.3 Å². The molecule has 3 aromatic carbocycles. The number of amides is 1. The van der Waals surface area contributed by atoms with Crippen LogP contribution in [-0.4, -0.2) is 11.7 Å². The number of nitrogens with one attached hydrogen (secondary N) is 1. The Hall–Kier alpha value is -2.91. The van der Waals surface area contributed by atoms with Crippen molar-refractivity contribution in [1.82, 2.24) is 0 Å². The van der Waals surface area contributed by atoms with Gasteiger partial charge in [-0.25, -0.2) is 0 Å². The lowest BCUT2D eigenvalue weighted by molar-refractivity contribution is -0.128. The first kappa shape index (κ1) is 19.1. The zero-order valence-electron chi connectivity index (χ0n) is 16.7. The molecule has 3 aromatic rings. The van der Waals surface area contributed by atoms with Crippen LogP contribution in [0.3, 0.4) is 0 Å². The van der Waals surface area contributed by atoms with Gasteiger partial charge in [-0.15, -0.1) is 0 Å². The molecule has 5 rings (SSSR count). The van der Waals surface area contributed by atoms with E-state index in [1.807, 2.05) is 79.7 Å². The van der Waals surface area contributed by atoms with Crippen LogP contribution in [0.2, 0.25) is 5.02 Å². The van der Waals surface area contributed by atoms with Gasteiger partial charge in [0.25, 0.3) is 0 Å². The fraction of sp³-hybridized carbons (Fsp3) is 0.231. The molecular formula is C26H22ClNO2. The Bertz CT molecular complexity index is 1090. The van der Waals surface area contributed by atoms with Crippen molar-refractivity contribution in [2.24, 2.45) is 0 Å². The third-order valence-electron chi connectivity index (χ3n) is 6.73. The number of rotatable bonds is 2. The Morgan fingerprint density at radius 3 is 1.93 bits per heavy atom. The Labute approximate surface area is 181 Å². The van der Waals surface area contributed by atoms with Crippen molar-refractivity contribution in [1.29, 1.82) is 0 Å². The predicted octanol–water partition coefficient (Wildman–Crippen LogP) is 5.77. The summed E-state index contributed by atoms with van der Waals surface area (Å²) < 4.78 is 0. The first-order chi connectivity index (χ1) is 14.5. The fourth-order valence-electron chi connectivity index (χ4n) is 5.50. The zero-order valence-corrected chi connectivity index (χ0v) is 17.4. The first-order valence-electron chi connectivity index (χ1n) is 10.3. The Balaban J connectivity index is 1.84. The van der Waals surface area contributed by atoms with Crippen molar-refractivity contribution in [3.63, 3.8) is 0 Å². The molecule has 0 saturated heterocycles. The van der Waals surface area contributed by atoms with Gasteiger partial charge in [0.2, 0.25) is 5.91 Å². The van der Waals surface area contributed by atoms with E-state index in [-0.39, 0.29) is 23.5 Å². The molecule has 150 valence electrons. The molecule has 1 aliphatic heterocycles. The summed E-state index contributed by atoms with van der Waals surface area (Å²) in [6.07, 6.45) is 0.678. The number of carbonyl (C=O) groups is 2. The van der Waals surface area contributed by atoms with E-state index in [2.05, 4.69) is 5.32 Å². The number of aryl methyl sites for hydroxylation is 1. The normalized spacial score (nSPS) is 22.1. The summed E-state index contributed by atoms with van der Waals surface area (Å²) >= 11 is 6.49. The summed E-state index contributed by atoms with van der Waals surface area (Å²) in [5, 5.41) is 3.77. The van der Waals surface area contributed by atoms with Gasteiger partial charge in [-0.1, -0.05) is 72.3 Å². The van der Waals surface area contributed by atoms with Crippen LogP contribution in [0.15, 0.2) is 72.8 Å². The maximum atomic E-state index is 13.9. The largest absolute Gasteiger partial charge is 0.325 e. The van der Waals surface area contributed by atoms with Crippen molar-refractivity contribution >= 4 is 29.0 Å². The van der Waals surface area contributed by atoms with Gasteiger partial charge in [-0.2, -0.15) is 0 Å². The highest BCUT2D eigenvalue weighted by Crippen LogP contribution is 2.60. The lowest BCUT2D eigenvalue weighted by Gasteiger charge is -2.46. The van der Waals surface area contributed by atoms with Gasteiger partial charge in [0, 0.05) is 35.4 Å². The summed E-state index contributed by atoms with van der Waals surface area (Å²) in [4.78, 5) is 26.8. The van der Waals surface area contributed by atoms with E-state index in [4.69, 9.17) is 11.6 Å². The van der Waals surface area contributed by atoms with Gasteiger partial charge in [0.1, 0.15) is 5.78 Å². The molecule has 2 atom stereocenters. The number of benzene rings is 3. The molecule has 1 spiro atoms. The minimum atomic E-state index is -0.887. The SMILES string of the molecule is Cc1cc(Cl)cc2c1NC(=O)C21[C@H](c2ccccc2)CC(=O)C[C@H]1c1ccccc1. The van der Waals surface area contributed by atoms with Crippen LogP contribution in [0, 0.1) is 6.92 Å². The molecule has 1 fully saturated rings. The smallest absolute Gasteiger partial charge is 0.236 e. The van der Waals surface area contributed by atoms with Crippen LogP contribution in [0.25, 0.3) is 0 Å². The molecule has 2 aliphatic rings. The highest BCUT2D eigenvalue weighted by molar-refractivity contribution is 6.31. The number of anilines is 1. The first-order valence-corrected chi connectivity index (χ1v) is 10.6. The molecule has 1 N–H and O–H groups in total. The zero-order chi connectivity index (χ0) is 20.9. The van der Waals surface area contributed by atoms with E-state index in [1.165, 1.54) is 0 Å². The quantitative estimate of drug-likeness (QED) is 0.577. The number of halogens is 1. The fourth-order valence-corrected chi connectivity index (χ4v) is 5.77. The summed E-state index contributed by atoms with van der Waals surface area (Å²) in [5.74, 6) is -0.380. The lowest BCUT2D eigenvalue weighted by Crippen LogP contribution is -2.50. The van der Waals surface area contributed by atoms with E-state index >= 15 is 0 Å².